The number of ether oxygens (including phenoxy) is 1. The first-order chi connectivity index (χ1) is 13.1. The molecule has 27 heavy (non-hydrogen) atoms. The maximum Gasteiger partial charge on any atom is 0.248 e. The second kappa shape index (κ2) is 11.6. The lowest BCUT2D eigenvalue weighted by Gasteiger charge is -2.40. The van der Waals surface area contributed by atoms with E-state index in [1.54, 1.807) is 7.11 Å². The van der Waals surface area contributed by atoms with Crippen LogP contribution in [0.3, 0.4) is 0 Å². The summed E-state index contributed by atoms with van der Waals surface area (Å²) in [5, 5.41) is 0. The fourth-order valence-corrected chi connectivity index (χ4v) is 4.49. The highest BCUT2D eigenvalue weighted by Gasteiger charge is 2.32. The minimum atomic E-state index is 0.0563. The Hall–Kier alpha value is -1.14. The first-order valence-electron chi connectivity index (χ1n) is 10.9. The fourth-order valence-electron chi connectivity index (χ4n) is 4.49. The highest BCUT2D eigenvalue weighted by Crippen LogP contribution is 2.21. The Morgan fingerprint density at radius 3 is 2.44 bits per heavy atom. The lowest BCUT2D eigenvalue weighted by atomic mass is 9.98. The molecule has 1 atom stereocenters. The minimum absolute atomic E-state index is 0.0563. The molecule has 2 saturated heterocycles. The predicted molar refractivity (Wildman–Crippen MR) is 108 cm³/mol. The van der Waals surface area contributed by atoms with Crippen LogP contribution in [0, 0.1) is 5.92 Å². The van der Waals surface area contributed by atoms with Crippen LogP contribution < -0.4 is 0 Å². The molecule has 0 aromatic heterocycles. The molecule has 2 aliphatic heterocycles. The van der Waals surface area contributed by atoms with Crippen molar-refractivity contribution < 1.29 is 14.3 Å². The van der Waals surface area contributed by atoms with Gasteiger partial charge in [0.1, 0.15) is 6.61 Å². The van der Waals surface area contributed by atoms with Crippen LogP contribution >= 0.6 is 0 Å². The number of carbonyl (C=O) groups is 2. The zero-order valence-electron chi connectivity index (χ0n) is 17.6. The largest absolute Gasteiger partial charge is 0.375 e. The van der Waals surface area contributed by atoms with Gasteiger partial charge < -0.3 is 19.4 Å². The maximum absolute atomic E-state index is 12.8. The molecule has 156 valence electrons. The molecule has 6 heteroatoms. The van der Waals surface area contributed by atoms with E-state index >= 15 is 0 Å². The normalized spacial score (nSPS) is 21.0. The van der Waals surface area contributed by atoms with Crippen LogP contribution in [0.15, 0.2) is 0 Å². The van der Waals surface area contributed by atoms with Crippen molar-refractivity contribution in [2.75, 3.05) is 53.0 Å². The third kappa shape index (κ3) is 6.46. The quantitative estimate of drug-likeness (QED) is 0.583. The number of amides is 2. The Balaban J connectivity index is 1.95. The van der Waals surface area contributed by atoms with E-state index < -0.39 is 0 Å². The summed E-state index contributed by atoms with van der Waals surface area (Å²) in [4.78, 5) is 32.0. The van der Waals surface area contributed by atoms with E-state index in [2.05, 4.69) is 18.7 Å². The number of hydrogen-bond donors (Lipinski definition) is 0. The van der Waals surface area contributed by atoms with E-state index in [0.29, 0.717) is 6.54 Å². The van der Waals surface area contributed by atoms with E-state index in [1.807, 2.05) is 9.80 Å². The Kier molecular flexibility index (Phi) is 9.56. The van der Waals surface area contributed by atoms with Gasteiger partial charge in [-0.25, -0.2) is 0 Å². The van der Waals surface area contributed by atoms with E-state index in [4.69, 9.17) is 4.74 Å². The van der Waals surface area contributed by atoms with Crippen molar-refractivity contribution in [2.45, 2.75) is 64.8 Å². The Labute approximate surface area is 165 Å². The van der Waals surface area contributed by atoms with Crippen LogP contribution in [0.5, 0.6) is 0 Å². The van der Waals surface area contributed by atoms with Crippen LogP contribution in [0.1, 0.15) is 58.8 Å². The highest BCUT2D eigenvalue weighted by atomic mass is 16.5. The fraction of sp³-hybridized carbons (Fsp3) is 0.905. The molecule has 0 bridgehead atoms. The van der Waals surface area contributed by atoms with Crippen molar-refractivity contribution in [3.05, 3.63) is 0 Å². The van der Waals surface area contributed by atoms with Gasteiger partial charge >= 0.3 is 0 Å². The van der Waals surface area contributed by atoms with Crippen LogP contribution in [-0.2, 0) is 14.3 Å². The number of rotatable bonds is 10. The van der Waals surface area contributed by atoms with Gasteiger partial charge in [-0.05, 0) is 64.6 Å². The molecule has 0 radical (unpaired) electrons. The van der Waals surface area contributed by atoms with Gasteiger partial charge in [0.25, 0.3) is 0 Å². The molecule has 0 spiro atoms. The van der Waals surface area contributed by atoms with Crippen molar-refractivity contribution in [2.24, 2.45) is 5.92 Å². The SMILES string of the molecule is CCC(CC)C(=O)N1CCCC(N(CCCN2CCCC2)C(=O)COC)C1. The molecule has 2 amide bonds. The van der Waals surface area contributed by atoms with Crippen LogP contribution in [0.25, 0.3) is 0 Å². The summed E-state index contributed by atoms with van der Waals surface area (Å²) in [5.74, 6) is 0.434. The second-order valence-corrected chi connectivity index (χ2v) is 8.02. The summed E-state index contributed by atoms with van der Waals surface area (Å²) < 4.78 is 5.12. The Morgan fingerprint density at radius 2 is 1.81 bits per heavy atom. The Bertz CT molecular complexity index is 462. The highest BCUT2D eigenvalue weighted by molar-refractivity contribution is 5.80. The van der Waals surface area contributed by atoms with E-state index in [1.165, 1.54) is 25.9 Å². The lowest BCUT2D eigenvalue weighted by Crippen LogP contribution is -2.53. The minimum Gasteiger partial charge on any atom is -0.375 e. The summed E-state index contributed by atoms with van der Waals surface area (Å²) in [6.07, 6.45) is 7.30. The molecule has 0 aliphatic carbocycles. The summed E-state index contributed by atoms with van der Waals surface area (Å²) in [6, 6.07) is 0.123. The van der Waals surface area contributed by atoms with Crippen molar-refractivity contribution >= 4 is 11.8 Å². The standard InChI is InChI=1S/C21H39N3O3/c1-4-18(5-2)21(26)23-14-8-10-19(16-23)24(20(25)17-27-3)15-9-13-22-11-6-7-12-22/h18-19H,4-17H2,1-3H3. The number of nitrogens with zero attached hydrogens (tertiary/aromatic N) is 3. The summed E-state index contributed by atoms with van der Waals surface area (Å²) in [6.45, 7) is 9.98. The molecule has 6 nitrogen and oxygen atoms in total. The van der Waals surface area contributed by atoms with E-state index in [-0.39, 0.29) is 30.4 Å². The van der Waals surface area contributed by atoms with Gasteiger partial charge in [0.15, 0.2) is 0 Å². The van der Waals surface area contributed by atoms with Gasteiger partial charge in [0.2, 0.25) is 11.8 Å². The van der Waals surface area contributed by atoms with Crippen LogP contribution in [0.2, 0.25) is 0 Å². The average Bonchev–Trinajstić information content (AvgIpc) is 3.20. The van der Waals surface area contributed by atoms with Gasteiger partial charge in [0.05, 0.1) is 0 Å². The monoisotopic (exact) mass is 381 g/mol. The van der Waals surface area contributed by atoms with Gasteiger partial charge in [0, 0.05) is 38.7 Å². The molecule has 2 fully saturated rings. The summed E-state index contributed by atoms with van der Waals surface area (Å²) in [7, 11) is 1.57. The molecular weight excluding hydrogens is 342 g/mol. The lowest BCUT2D eigenvalue weighted by molar-refractivity contribution is -0.144. The summed E-state index contributed by atoms with van der Waals surface area (Å²) >= 11 is 0. The van der Waals surface area contributed by atoms with Gasteiger partial charge in [-0.15, -0.1) is 0 Å². The Morgan fingerprint density at radius 1 is 1.11 bits per heavy atom. The molecule has 0 aromatic carbocycles. The summed E-state index contributed by atoms with van der Waals surface area (Å²) in [5.41, 5.74) is 0. The number of piperidine rings is 1. The second-order valence-electron chi connectivity index (χ2n) is 8.02. The van der Waals surface area contributed by atoms with E-state index in [0.717, 1.165) is 51.7 Å². The van der Waals surface area contributed by atoms with E-state index in [9.17, 15) is 9.59 Å². The smallest absolute Gasteiger partial charge is 0.248 e. The van der Waals surface area contributed by atoms with Crippen molar-refractivity contribution in [3.63, 3.8) is 0 Å². The first-order valence-corrected chi connectivity index (χ1v) is 10.9. The zero-order valence-corrected chi connectivity index (χ0v) is 17.6. The van der Waals surface area contributed by atoms with Crippen molar-refractivity contribution in [3.8, 4) is 0 Å². The number of hydrogen-bond acceptors (Lipinski definition) is 4. The predicted octanol–water partition coefficient (Wildman–Crippen LogP) is 2.37. The number of methoxy groups -OCH3 is 1. The molecule has 2 aliphatic rings. The first kappa shape index (κ1) is 22.2. The van der Waals surface area contributed by atoms with Gasteiger partial charge in [-0.2, -0.15) is 0 Å². The molecule has 0 N–H and O–H groups in total. The molecule has 0 aromatic rings. The topological polar surface area (TPSA) is 53.1 Å². The maximum atomic E-state index is 12.8. The molecule has 2 rings (SSSR count). The van der Waals surface area contributed by atoms with Crippen molar-refractivity contribution in [1.82, 2.24) is 14.7 Å². The van der Waals surface area contributed by atoms with Crippen LogP contribution in [-0.4, -0.2) is 85.5 Å². The average molecular weight is 382 g/mol. The molecule has 0 saturated carbocycles. The third-order valence-corrected chi connectivity index (χ3v) is 6.14. The molecular formula is C21H39N3O3. The molecule has 1 unspecified atom stereocenters. The van der Waals surface area contributed by atoms with Gasteiger partial charge in [-0.1, -0.05) is 13.8 Å². The number of likely N-dealkylation sites (tertiary alicyclic amines) is 2. The van der Waals surface area contributed by atoms with Crippen molar-refractivity contribution in [1.29, 1.82) is 0 Å². The van der Waals surface area contributed by atoms with Gasteiger partial charge in [-0.3, -0.25) is 9.59 Å². The zero-order chi connectivity index (χ0) is 19.6. The number of carbonyl (C=O) groups excluding carboxylic acids is 2. The third-order valence-electron chi connectivity index (χ3n) is 6.14. The van der Waals surface area contributed by atoms with Crippen LogP contribution in [0.4, 0.5) is 0 Å². The molecule has 2 heterocycles.